The van der Waals surface area contributed by atoms with Crippen molar-refractivity contribution < 1.29 is 17.7 Å². The van der Waals surface area contributed by atoms with Gasteiger partial charge in [-0.1, -0.05) is 5.16 Å². The molecule has 0 saturated carbocycles. The molecule has 1 aliphatic rings. The molecule has 6 heteroatoms. The Morgan fingerprint density at radius 2 is 2.06 bits per heavy atom. The summed E-state index contributed by atoms with van der Waals surface area (Å²) >= 11 is 0. The van der Waals surface area contributed by atoms with E-state index in [9.17, 15) is 13.2 Å². The molecule has 0 unspecified atom stereocenters. The lowest BCUT2D eigenvalue weighted by Crippen LogP contribution is -2.28. The predicted molar refractivity (Wildman–Crippen MR) is 50.8 cm³/mol. The number of nitrogens with zero attached hydrogens (tertiary/aromatic N) is 1. The zero-order chi connectivity index (χ0) is 11.6. The lowest BCUT2D eigenvalue weighted by atomic mass is 9.93. The highest BCUT2D eigenvalue weighted by Crippen LogP contribution is 2.29. The van der Waals surface area contributed by atoms with Crippen molar-refractivity contribution >= 4 is 0 Å². The molecule has 3 nitrogen and oxygen atoms in total. The molecule has 0 aromatic carbocycles. The lowest BCUT2D eigenvalue weighted by molar-refractivity contribution is -0.142. The van der Waals surface area contributed by atoms with Crippen molar-refractivity contribution in [1.29, 1.82) is 0 Å². The maximum atomic E-state index is 12.2. The highest BCUT2D eigenvalue weighted by molar-refractivity contribution is 5.09. The van der Waals surface area contributed by atoms with E-state index in [0.717, 1.165) is 32.0 Å². The minimum atomic E-state index is -4.41. The van der Waals surface area contributed by atoms with Gasteiger partial charge in [-0.25, -0.2) is 0 Å². The van der Waals surface area contributed by atoms with Crippen LogP contribution in [-0.4, -0.2) is 18.2 Å². The summed E-state index contributed by atoms with van der Waals surface area (Å²) < 4.78 is 41.4. The molecule has 0 spiro atoms. The molecule has 0 atom stereocenters. The van der Waals surface area contributed by atoms with Crippen LogP contribution in [0.5, 0.6) is 0 Å². The summed E-state index contributed by atoms with van der Waals surface area (Å²) in [5.74, 6) is 0.731. The van der Waals surface area contributed by atoms with Gasteiger partial charge in [-0.3, -0.25) is 0 Å². The van der Waals surface area contributed by atoms with E-state index in [1.165, 1.54) is 0 Å². The average Bonchev–Trinajstić information content (AvgIpc) is 2.67. The summed E-state index contributed by atoms with van der Waals surface area (Å²) in [6.45, 7) is 1.84. The van der Waals surface area contributed by atoms with Crippen molar-refractivity contribution in [2.45, 2.75) is 25.4 Å². The molecule has 2 rings (SSSR count). The van der Waals surface area contributed by atoms with Crippen LogP contribution in [0.4, 0.5) is 13.2 Å². The summed E-state index contributed by atoms with van der Waals surface area (Å²) in [6, 6.07) is 1.00. The van der Waals surface area contributed by atoms with E-state index in [2.05, 4.69) is 10.5 Å². The monoisotopic (exact) mass is 234 g/mol. The van der Waals surface area contributed by atoms with Crippen LogP contribution in [0.25, 0.3) is 0 Å². The van der Waals surface area contributed by atoms with Crippen LogP contribution in [0.1, 0.15) is 24.3 Å². The quantitative estimate of drug-likeness (QED) is 0.852. The van der Waals surface area contributed by atoms with Gasteiger partial charge in [-0.15, -0.1) is 0 Å². The number of alkyl halides is 3. The molecule has 0 aliphatic carbocycles. The Kier molecular flexibility index (Phi) is 3.18. The van der Waals surface area contributed by atoms with Crippen LogP contribution in [0, 0.1) is 5.92 Å². The van der Waals surface area contributed by atoms with Crippen molar-refractivity contribution in [3.8, 4) is 0 Å². The van der Waals surface area contributed by atoms with E-state index in [4.69, 9.17) is 4.52 Å². The van der Waals surface area contributed by atoms with Crippen molar-refractivity contribution in [2.75, 3.05) is 13.1 Å². The zero-order valence-electron chi connectivity index (χ0n) is 8.68. The first-order valence-electron chi connectivity index (χ1n) is 5.29. The number of hydrogen-bond donors (Lipinski definition) is 1. The van der Waals surface area contributed by atoms with Crippen LogP contribution < -0.4 is 5.32 Å². The molecule has 1 saturated heterocycles. The van der Waals surface area contributed by atoms with Gasteiger partial charge in [0.05, 0.1) is 0 Å². The van der Waals surface area contributed by atoms with Crippen molar-refractivity contribution in [3.05, 3.63) is 17.5 Å². The van der Waals surface area contributed by atoms with Gasteiger partial charge in [0.15, 0.2) is 5.69 Å². The maximum Gasteiger partial charge on any atom is 0.436 e. The Labute approximate surface area is 91.0 Å². The van der Waals surface area contributed by atoms with E-state index in [1.807, 2.05) is 0 Å². The molecule has 16 heavy (non-hydrogen) atoms. The summed E-state index contributed by atoms with van der Waals surface area (Å²) in [5.41, 5.74) is -0.934. The Balaban J connectivity index is 1.97. The first-order chi connectivity index (χ1) is 7.55. The van der Waals surface area contributed by atoms with E-state index >= 15 is 0 Å². The second-order valence-electron chi connectivity index (χ2n) is 4.07. The molecule has 1 N–H and O–H groups in total. The number of hydrogen-bond acceptors (Lipinski definition) is 3. The number of rotatable bonds is 2. The van der Waals surface area contributed by atoms with Crippen LogP contribution in [-0.2, 0) is 12.6 Å². The van der Waals surface area contributed by atoms with Gasteiger partial charge in [-0.05, 0) is 31.8 Å². The molecule has 1 aliphatic heterocycles. The second kappa shape index (κ2) is 4.45. The van der Waals surface area contributed by atoms with E-state index < -0.39 is 11.9 Å². The Morgan fingerprint density at radius 3 is 2.62 bits per heavy atom. The number of halogens is 3. The Hall–Kier alpha value is -1.04. The van der Waals surface area contributed by atoms with Crippen molar-refractivity contribution in [2.24, 2.45) is 5.92 Å². The van der Waals surface area contributed by atoms with Gasteiger partial charge in [-0.2, -0.15) is 13.2 Å². The fourth-order valence-electron chi connectivity index (χ4n) is 1.91. The SMILES string of the molecule is FC(F)(F)c1cc(CC2CCNCC2)on1. The summed E-state index contributed by atoms with van der Waals surface area (Å²) in [7, 11) is 0. The standard InChI is InChI=1S/C10H13F3N2O/c11-10(12,13)9-6-8(16-15-9)5-7-1-3-14-4-2-7/h6-7,14H,1-5H2. The molecule has 1 fully saturated rings. The van der Waals surface area contributed by atoms with Crippen molar-refractivity contribution in [1.82, 2.24) is 10.5 Å². The molecule has 90 valence electrons. The Bertz CT molecular complexity index is 342. The molecule has 1 aromatic heterocycles. The van der Waals surface area contributed by atoms with Gasteiger partial charge in [0.2, 0.25) is 0 Å². The van der Waals surface area contributed by atoms with Crippen LogP contribution in [0.15, 0.2) is 10.6 Å². The molecular weight excluding hydrogens is 221 g/mol. The summed E-state index contributed by atoms with van der Waals surface area (Å²) in [4.78, 5) is 0. The van der Waals surface area contributed by atoms with Gasteiger partial charge < -0.3 is 9.84 Å². The van der Waals surface area contributed by atoms with E-state index in [-0.39, 0.29) is 0 Å². The lowest BCUT2D eigenvalue weighted by Gasteiger charge is -2.21. The second-order valence-corrected chi connectivity index (χ2v) is 4.07. The largest absolute Gasteiger partial charge is 0.436 e. The van der Waals surface area contributed by atoms with Gasteiger partial charge in [0, 0.05) is 12.5 Å². The highest BCUT2D eigenvalue weighted by Gasteiger charge is 2.35. The number of nitrogens with one attached hydrogen (secondary N) is 1. The first kappa shape index (κ1) is 11.4. The van der Waals surface area contributed by atoms with Gasteiger partial charge in [0.1, 0.15) is 5.76 Å². The average molecular weight is 234 g/mol. The maximum absolute atomic E-state index is 12.2. The minimum absolute atomic E-state index is 0.333. The molecule has 1 aromatic rings. The number of aromatic nitrogens is 1. The molecule has 0 bridgehead atoms. The fraction of sp³-hybridized carbons (Fsp3) is 0.700. The van der Waals surface area contributed by atoms with Crippen LogP contribution >= 0.6 is 0 Å². The van der Waals surface area contributed by atoms with Gasteiger partial charge in [0.25, 0.3) is 0 Å². The van der Waals surface area contributed by atoms with E-state index in [1.54, 1.807) is 0 Å². The minimum Gasteiger partial charge on any atom is -0.361 e. The van der Waals surface area contributed by atoms with Crippen LogP contribution in [0.2, 0.25) is 0 Å². The summed E-state index contributed by atoms with van der Waals surface area (Å²) in [6.07, 6.45) is -1.91. The number of piperidine rings is 1. The first-order valence-corrected chi connectivity index (χ1v) is 5.29. The van der Waals surface area contributed by atoms with Crippen molar-refractivity contribution in [3.63, 3.8) is 0 Å². The normalized spacial score (nSPS) is 18.9. The zero-order valence-corrected chi connectivity index (χ0v) is 8.68. The molecule has 0 amide bonds. The summed E-state index contributed by atoms with van der Waals surface area (Å²) in [5, 5.41) is 6.24. The van der Waals surface area contributed by atoms with Crippen LogP contribution in [0.3, 0.4) is 0 Å². The third-order valence-electron chi connectivity index (χ3n) is 2.80. The highest BCUT2D eigenvalue weighted by atomic mass is 19.4. The fourth-order valence-corrected chi connectivity index (χ4v) is 1.91. The predicted octanol–water partition coefficient (Wildman–Crippen LogP) is 2.24. The molecule has 0 radical (unpaired) electrons. The molecule has 2 heterocycles. The van der Waals surface area contributed by atoms with E-state index in [0.29, 0.717) is 18.1 Å². The third-order valence-corrected chi connectivity index (χ3v) is 2.80. The Morgan fingerprint density at radius 1 is 1.38 bits per heavy atom. The molecular formula is C10H13F3N2O. The topological polar surface area (TPSA) is 38.1 Å². The van der Waals surface area contributed by atoms with Gasteiger partial charge >= 0.3 is 6.18 Å². The smallest absolute Gasteiger partial charge is 0.361 e. The third kappa shape index (κ3) is 2.75.